The molecule has 284 valence electrons. The predicted octanol–water partition coefficient (Wildman–Crippen LogP) is 14.4. The molecule has 0 atom stereocenters. The molecule has 0 unspecified atom stereocenters. The van der Waals surface area contributed by atoms with Gasteiger partial charge in [0, 0.05) is 28.2 Å². The number of fused-ring (bicyclic) bond motifs is 4. The van der Waals surface area contributed by atoms with Gasteiger partial charge >= 0.3 is 0 Å². The first-order chi connectivity index (χ1) is 28.3. The van der Waals surface area contributed by atoms with E-state index in [1.165, 1.54) is 101 Å². The highest BCUT2D eigenvalue weighted by atomic mass is 15.2. The number of hydrogen-bond donors (Lipinski definition) is 0. The third kappa shape index (κ3) is 6.57. The topological polar surface area (TPSA) is 13.0 Å². The second-order valence-corrected chi connectivity index (χ2v) is 15.4. The Morgan fingerprint density at radius 3 is 0.845 bits per heavy atom. The third-order valence-corrected chi connectivity index (χ3v) is 11.9. The summed E-state index contributed by atoms with van der Waals surface area (Å²) in [7, 11) is 8.64. The van der Waals surface area contributed by atoms with Gasteiger partial charge in [0.25, 0.3) is 0 Å². The summed E-state index contributed by atoms with van der Waals surface area (Å²) in [6.07, 6.45) is 0. The largest absolute Gasteiger partial charge is 0.341 e. The van der Waals surface area contributed by atoms with Crippen LogP contribution in [0.4, 0.5) is 45.5 Å². The van der Waals surface area contributed by atoms with Crippen LogP contribution in [0.1, 0.15) is 11.1 Å². The highest BCUT2D eigenvalue weighted by Crippen LogP contribution is 2.50. The maximum absolute atomic E-state index is 2.31. The third-order valence-electron chi connectivity index (χ3n) is 11.9. The zero-order chi connectivity index (χ0) is 39.9. The van der Waals surface area contributed by atoms with E-state index in [0.717, 1.165) is 0 Å². The van der Waals surface area contributed by atoms with E-state index in [1.54, 1.807) is 0 Å². The Kier molecular flexibility index (Phi) is 9.55. The van der Waals surface area contributed by atoms with Crippen molar-refractivity contribution >= 4 is 45.5 Å². The SMILES string of the molecule is CN1c2ccc(-c3ccccc3)cc2N(C)c2ccc(-c3ccccc3)cc21.Cc1ccccc1-c1ccc2c(c1)N(C)c1ccc(-c3ccccc3C)cc1N2C. The summed E-state index contributed by atoms with van der Waals surface area (Å²) < 4.78 is 0. The molecule has 0 saturated heterocycles. The number of rotatable bonds is 4. The van der Waals surface area contributed by atoms with E-state index in [0.29, 0.717) is 0 Å². The molecule has 2 aliphatic heterocycles. The molecule has 2 aliphatic rings. The molecule has 0 N–H and O–H groups in total. The Morgan fingerprint density at radius 2 is 0.517 bits per heavy atom. The second-order valence-electron chi connectivity index (χ2n) is 15.4. The summed E-state index contributed by atoms with van der Waals surface area (Å²) in [5, 5.41) is 0. The molecule has 8 aromatic carbocycles. The lowest BCUT2D eigenvalue weighted by Gasteiger charge is -2.37. The van der Waals surface area contributed by atoms with Gasteiger partial charge in [-0.3, -0.25) is 0 Å². The van der Waals surface area contributed by atoms with E-state index in [-0.39, 0.29) is 0 Å². The molecule has 0 aromatic heterocycles. The summed E-state index contributed by atoms with van der Waals surface area (Å²) >= 11 is 0. The summed E-state index contributed by atoms with van der Waals surface area (Å²) in [6, 6.07) is 65.3. The van der Waals surface area contributed by atoms with Crippen molar-refractivity contribution in [1.29, 1.82) is 0 Å². The molecule has 4 nitrogen and oxygen atoms in total. The van der Waals surface area contributed by atoms with E-state index in [9.17, 15) is 0 Å². The molecule has 0 fully saturated rings. The van der Waals surface area contributed by atoms with Gasteiger partial charge in [-0.1, -0.05) is 133 Å². The summed E-state index contributed by atoms with van der Waals surface area (Å²) in [5.74, 6) is 0. The van der Waals surface area contributed by atoms with Gasteiger partial charge in [0.15, 0.2) is 0 Å². The standard InChI is InChI=1S/C28H26N2.C26H22N2/c1-19-9-5-7-11-23(19)21-13-15-25-27(17-21)29(3)26-16-14-22(18-28(26)30(25)4)24-12-8-6-10-20(24)2;1-27-23-15-13-22(20-11-7-4-8-12-20)18-26(23)28(2)24-16-14-21(17-25(24)27)19-9-5-3-6-10-19/h5-18H,1-4H3;3-18H,1-2H3. The molecule has 8 aromatic rings. The molecular formula is C54H48N4. The maximum Gasteiger partial charge on any atom is 0.0656 e. The van der Waals surface area contributed by atoms with Crippen LogP contribution in [0, 0.1) is 13.8 Å². The zero-order valence-electron chi connectivity index (χ0n) is 34.1. The Hall–Kier alpha value is -7.04. The Bertz CT molecular complexity index is 2580. The Labute approximate surface area is 343 Å². The van der Waals surface area contributed by atoms with Gasteiger partial charge in [0.2, 0.25) is 0 Å². The molecule has 10 rings (SSSR count). The van der Waals surface area contributed by atoms with Crippen LogP contribution < -0.4 is 19.6 Å². The normalized spacial score (nSPS) is 12.5. The van der Waals surface area contributed by atoms with Crippen molar-refractivity contribution < 1.29 is 0 Å². The minimum Gasteiger partial charge on any atom is -0.341 e. The molecule has 58 heavy (non-hydrogen) atoms. The van der Waals surface area contributed by atoms with Crippen molar-refractivity contribution in [1.82, 2.24) is 0 Å². The molecule has 4 heteroatoms. The quantitative estimate of drug-likeness (QED) is 0.177. The molecular weight excluding hydrogens is 705 g/mol. The molecule has 0 amide bonds. The monoisotopic (exact) mass is 752 g/mol. The number of nitrogens with zero attached hydrogens (tertiary/aromatic N) is 4. The van der Waals surface area contributed by atoms with Crippen molar-refractivity contribution in [2.45, 2.75) is 13.8 Å². The van der Waals surface area contributed by atoms with Crippen LogP contribution in [0.5, 0.6) is 0 Å². The van der Waals surface area contributed by atoms with Crippen LogP contribution in [0.15, 0.2) is 182 Å². The van der Waals surface area contributed by atoms with Crippen LogP contribution in [0.3, 0.4) is 0 Å². The van der Waals surface area contributed by atoms with Gasteiger partial charge in [0.05, 0.1) is 45.5 Å². The Morgan fingerprint density at radius 1 is 0.241 bits per heavy atom. The molecule has 0 aliphatic carbocycles. The van der Waals surface area contributed by atoms with Gasteiger partial charge in [0.1, 0.15) is 0 Å². The summed E-state index contributed by atoms with van der Waals surface area (Å²) in [6.45, 7) is 4.35. The fraction of sp³-hybridized carbons (Fsp3) is 0.111. The lowest BCUT2D eigenvalue weighted by molar-refractivity contribution is 1.10. The van der Waals surface area contributed by atoms with Crippen molar-refractivity contribution in [3.05, 3.63) is 193 Å². The fourth-order valence-corrected chi connectivity index (χ4v) is 8.57. The Balaban J connectivity index is 0.000000151. The summed E-state index contributed by atoms with van der Waals surface area (Å²) in [4.78, 5) is 9.22. The van der Waals surface area contributed by atoms with E-state index < -0.39 is 0 Å². The van der Waals surface area contributed by atoms with Gasteiger partial charge in [-0.15, -0.1) is 0 Å². The first kappa shape index (κ1) is 36.6. The molecule has 0 radical (unpaired) electrons. The average Bonchev–Trinajstić information content (AvgIpc) is 3.28. The van der Waals surface area contributed by atoms with Gasteiger partial charge in [-0.2, -0.15) is 0 Å². The van der Waals surface area contributed by atoms with Crippen molar-refractivity contribution in [2.24, 2.45) is 0 Å². The van der Waals surface area contributed by atoms with Crippen LogP contribution in [-0.2, 0) is 0 Å². The summed E-state index contributed by atoms with van der Waals surface area (Å²) in [5.41, 5.74) is 22.5. The molecule has 0 bridgehead atoms. The first-order valence-corrected chi connectivity index (χ1v) is 20.0. The van der Waals surface area contributed by atoms with Gasteiger partial charge < -0.3 is 19.6 Å². The van der Waals surface area contributed by atoms with Crippen molar-refractivity contribution in [2.75, 3.05) is 47.8 Å². The molecule has 2 heterocycles. The van der Waals surface area contributed by atoms with E-state index in [2.05, 4.69) is 244 Å². The van der Waals surface area contributed by atoms with Crippen LogP contribution >= 0.6 is 0 Å². The number of benzene rings is 8. The number of hydrogen-bond acceptors (Lipinski definition) is 4. The van der Waals surface area contributed by atoms with E-state index in [1.807, 2.05) is 0 Å². The highest BCUT2D eigenvalue weighted by molar-refractivity contribution is 5.97. The van der Waals surface area contributed by atoms with Crippen LogP contribution in [0.25, 0.3) is 44.5 Å². The minimum absolute atomic E-state index is 1.22. The average molecular weight is 753 g/mol. The van der Waals surface area contributed by atoms with Crippen molar-refractivity contribution in [3.63, 3.8) is 0 Å². The van der Waals surface area contributed by atoms with E-state index in [4.69, 9.17) is 0 Å². The molecule has 0 saturated carbocycles. The minimum atomic E-state index is 1.22. The second kappa shape index (κ2) is 15.1. The smallest absolute Gasteiger partial charge is 0.0656 e. The van der Waals surface area contributed by atoms with Crippen LogP contribution in [0.2, 0.25) is 0 Å². The van der Waals surface area contributed by atoms with Crippen LogP contribution in [-0.4, -0.2) is 28.2 Å². The van der Waals surface area contributed by atoms with Gasteiger partial charge in [-0.25, -0.2) is 0 Å². The first-order valence-electron chi connectivity index (χ1n) is 20.0. The zero-order valence-corrected chi connectivity index (χ0v) is 34.1. The highest BCUT2D eigenvalue weighted by Gasteiger charge is 2.26. The number of aryl methyl sites for hydroxylation is 2. The van der Waals surface area contributed by atoms with Gasteiger partial charge in [-0.05, 0) is 118 Å². The lowest BCUT2D eigenvalue weighted by Crippen LogP contribution is -2.24. The van der Waals surface area contributed by atoms with Crippen molar-refractivity contribution in [3.8, 4) is 44.5 Å². The number of anilines is 8. The van der Waals surface area contributed by atoms with E-state index >= 15 is 0 Å². The maximum atomic E-state index is 2.31. The fourth-order valence-electron chi connectivity index (χ4n) is 8.57. The molecule has 0 spiro atoms. The predicted molar refractivity (Wildman–Crippen MR) is 249 cm³/mol. The lowest BCUT2D eigenvalue weighted by atomic mass is 9.96.